The molecule has 0 amide bonds. The average molecular weight is 1440 g/mol. The maximum absolute atomic E-state index is 13.0. The van der Waals surface area contributed by atoms with Crippen LogP contribution in [-0.2, 0) is 33.3 Å². The molecule has 2 atom stereocenters. The van der Waals surface area contributed by atoms with Gasteiger partial charge >= 0.3 is 17.9 Å². The molecule has 0 aromatic rings. The number of carbonyl (C=O) groups excluding carboxylic acids is 2. The lowest BCUT2D eigenvalue weighted by molar-refractivity contribution is -0.870. The number of aliphatic carboxylic acids is 1. The van der Waals surface area contributed by atoms with Gasteiger partial charge in [-0.2, -0.15) is 0 Å². The van der Waals surface area contributed by atoms with Gasteiger partial charge < -0.3 is 28.5 Å². The molecular weight excluding hydrogens is 1260 g/mol. The molecule has 9 heteroatoms. The maximum Gasteiger partial charge on any atom is 0.361 e. The molecule has 0 fully saturated rings. The van der Waals surface area contributed by atoms with E-state index in [4.69, 9.17) is 18.9 Å². The van der Waals surface area contributed by atoms with Gasteiger partial charge in [-0.1, -0.05) is 495 Å². The number of quaternary nitrogens is 1. The van der Waals surface area contributed by atoms with Gasteiger partial charge in [0.25, 0.3) is 6.29 Å². The Bertz CT molecular complexity index is 1630. The zero-order chi connectivity index (χ0) is 73.9. The standard InChI is InChI=1S/C93H183NO8/c1-6-8-10-12-14-16-18-20-22-24-26-28-30-32-34-36-38-40-42-44-45-46-48-50-52-54-56-58-60-62-64-66-68-70-72-74-76-78-80-82-84-91(96)102-89(88-101-93(92(97)98)99-86-85-94(3,4)5)87-100-90(95)83-81-79-77-75-73-71-69-67-65-63-61-59-57-55-53-51-49-47-43-41-39-37-35-33-31-29-27-25-23-21-19-17-15-13-11-9-7-2/h89,93H,6-88H2,1-5H3/p+1. The quantitative estimate of drug-likeness (QED) is 0.0278. The smallest absolute Gasteiger partial charge is 0.361 e. The summed E-state index contributed by atoms with van der Waals surface area (Å²) in [5.74, 6) is -1.96. The molecular formula is C93H184NO8+. The third kappa shape index (κ3) is 85.5. The largest absolute Gasteiger partial charge is 0.477 e. The third-order valence-electron chi connectivity index (χ3n) is 22.1. The SMILES string of the molecule is CCCCCCCCCCCCCCCCCCCCCCCCCCCCCCCCCCCCCCCCCCC(=O)OC(COC(=O)CCCCCCCCCCCCCCCCCCCCCCCCCCCCCCCCCCCCCCC)COC(OCC[N+](C)(C)C)C(=O)O. The molecule has 102 heavy (non-hydrogen) atoms. The van der Waals surface area contributed by atoms with Crippen LogP contribution in [0.3, 0.4) is 0 Å². The summed E-state index contributed by atoms with van der Waals surface area (Å²) in [6.45, 7) is 5.00. The van der Waals surface area contributed by atoms with Crippen molar-refractivity contribution in [3.63, 3.8) is 0 Å². The van der Waals surface area contributed by atoms with Crippen molar-refractivity contribution >= 4 is 17.9 Å². The van der Waals surface area contributed by atoms with Gasteiger partial charge in [0.2, 0.25) is 0 Å². The van der Waals surface area contributed by atoms with Crippen molar-refractivity contribution in [2.24, 2.45) is 0 Å². The molecule has 1 N–H and O–H groups in total. The topological polar surface area (TPSA) is 108 Å². The number of ether oxygens (including phenoxy) is 4. The van der Waals surface area contributed by atoms with Crippen molar-refractivity contribution in [3.05, 3.63) is 0 Å². The minimum Gasteiger partial charge on any atom is -0.477 e. The summed E-state index contributed by atoms with van der Waals surface area (Å²) < 4.78 is 23.1. The fraction of sp³-hybridized carbons (Fsp3) is 0.968. The molecule has 0 heterocycles. The molecule has 0 saturated heterocycles. The number of hydrogen-bond donors (Lipinski definition) is 1. The first kappa shape index (κ1) is 100. The second-order valence-electron chi connectivity index (χ2n) is 33.7. The predicted molar refractivity (Wildman–Crippen MR) is 443 cm³/mol. The highest BCUT2D eigenvalue weighted by molar-refractivity contribution is 5.71. The monoisotopic (exact) mass is 1440 g/mol. The van der Waals surface area contributed by atoms with Crippen molar-refractivity contribution < 1.29 is 42.9 Å². The van der Waals surface area contributed by atoms with E-state index in [1.54, 1.807) is 0 Å². The highest BCUT2D eigenvalue weighted by Crippen LogP contribution is 2.22. The molecule has 0 rings (SSSR count). The lowest BCUT2D eigenvalue weighted by Crippen LogP contribution is -2.40. The van der Waals surface area contributed by atoms with E-state index in [0.29, 0.717) is 17.4 Å². The van der Waals surface area contributed by atoms with Crippen molar-refractivity contribution in [3.8, 4) is 0 Å². The molecule has 9 nitrogen and oxygen atoms in total. The van der Waals surface area contributed by atoms with Crippen LogP contribution in [0.5, 0.6) is 0 Å². The summed E-state index contributed by atoms with van der Waals surface area (Å²) in [5, 5.41) is 9.80. The van der Waals surface area contributed by atoms with Crippen LogP contribution >= 0.6 is 0 Å². The average Bonchev–Trinajstić information content (AvgIpc) is 0.979. The summed E-state index contributed by atoms with van der Waals surface area (Å²) in [4.78, 5) is 37.8. The molecule has 2 unspecified atom stereocenters. The van der Waals surface area contributed by atoms with Crippen LogP contribution in [0.2, 0.25) is 0 Å². The van der Waals surface area contributed by atoms with Gasteiger partial charge in [0.05, 0.1) is 34.4 Å². The zero-order valence-electron chi connectivity index (χ0n) is 70.1. The van der Waals surface area contributed by atoms with E-state index in [-0.39, 0.29) is 38.2 Å². The van der Waals surface area contributed by atoms with Crippen LogP contribution in [0, 0.1) is 0 Å². The van der Waals surface area contributed by atoms with Gasteiger partial charge in [0, 0.05) is 12.8 Å². The molecule has 608 valence electrons. The number of esters is 2. The van der Waals surface area contributed by atoms with E-state index in [2.05, 4.69) is 13.8 Å². The van der Waals surface area contributed by atoms with Gasteiger partial charge in [-0.25, -0.2) is 4.79 Å². The molecule has 0 saturated carbocycles. The Morgan fingerprint density at radius 1 is 0.255 bits per heavy atom. The Hall–Kier alpha value is -1.71. The van der Waals surface area contributed by atoms with Crippen molar-refractivity contribution in [2.45, 2.75) is 533 Å². The van der Waals surface area contributed by atoms with Crippen LogP contribution in [0.1, 0.15) is 521 Å². The minimum atomic E-state index is -1.51. The van der Waals surface area contributed by atoms with Crippen LogP contribution in [-0.4, -0.2) is 87.4 Å². The van der Waals surface area contributed by atoms with Gasteiger partial charge in [-0.3, -0.25) is 9.59 Å². The predicted octanol–water partition coefficient (Wildman–Crippen LogP) is 30.4. The van der Waals surface area contributed by atoms with E-state index in [1.165, 1.54) is 456 Å². The number of carbonyl (C=O) groups is 3. The van der Waals surface area contributed by atoms with Crippen LogP contribution in [0.15, 0.2) is 0 Å². The lowest BCUT2D eigenvalue weighted by Gasteiger charge is -2.25. The van der Waals surface area contributed by atoms with Crippen LogP contribution in [0.25, 0.3) is 0 Å². The maximum atomic E-state index is 13.0. The number of nitrogens with zero attached hydrogens (tertiary/aromatic N) is 1. The van der Waals surface area contributed by atoms with Crippen molar-refractivity contribution in [1.29, 1.82) is 0 Å². The molecule has 0 bridgehead atoms. The first-order valence-electron chi connectivity index (χ1n) is 46.7. The summed E-state index contributed by atoms with van der Waals surface area (Å²) in [6.07, 6.45) is 105. The highest BCUT2D eigenvalue weighted by atomic mass is 16.7. The Labute approximate surface area is 638 Å². The van der Waals surface area contributed by atoms with Gasteiger partial charge in [-0.05, 0) is 12.8 Å². The molecule has 0 aliphatic rings. The molecule has 0 spiro atoms. The highest BCUT2D eigenvalue weighted by Gasteiger charge is 2.25. The molecule has 0 aliphatic carbocycles. The molecule has 0 aromatic heterocycles. The van der Waals surface area contributed by atoms with Gasteiger partial charge in [0.15, 0.2) is 6.10 Å². The zero-order valence-corrected chi connectivity index (χ0v) is 70.1. The fourth-order valence-electron chi connectivity index (χ4n) is 15.0. The number of likely N-dealkylation sites (N-methyl/N-ethyl adjacent to an activating group) is 1. The van der Waals surface area contributed by atoms with Gasteiger partial charge in [0.1, 0.15) is 13.2 Å². The summed E-state index contributed by atoms with van der Waals surface area (Å²) in [6, 6.07) is 0. The minimum absolute atomic E-state index is 0.171. The van der Waals surface area contributed by atoms with Crippen molar-refractivity contribution in [2.75, 3.05) is 47.5 Å². The molecule has 0 aromatic carbocycles. The van der Waals surface area contributed by atoms with E-state index in [0.717, 1.165) is 38.5 Å². The Morgan fingerprint density at radius 2 is 0.441 bits per heavy atom. The first-order valence-corrected chi connectivity index (χ1v) is 46.7. The van der Waals surface area contributed by atoms with E-state index < -0.39 is 18.4 Å². The normalized spacial score (nSPS) is 12.4. The second-order valence-corrected chi connectivity index (χ2v) is 33.7. The van der Waals surface area contributed by atoms with Crippen molar-refractivity contribution in [1.82, 2.24) is 0 Å². The van der Waals surface area contributed by atoms with E-state index >= 15 is 0 Å². The Balaban J connectivity index is 3.85. The van der Waals surface area contributed by atoms with E-state index in [9.17, 15) is 19.5 Å². The number of hydrogen-bond acceptors (Lipinski definition) is 7. The second kappa shape index (κ2) is 84.9. The molecule has 0 aliphatic heterocycles. The van der Waals surface area contributed by atoms with E-state index in [1.807, 2.05) is 21.1 Å². The fourth-order valence-corrected chi connectivity index (χ4v) is 15.0. The number of carboxylic acid groups (broad SMARTS) is 1. The lowest BCUT2D eigenvalue weighted by atomic mass is 10.0. The number of rotatable bonds is 90. The van der Waals surface area contributed by atoms with Crippen LogP contribution in [0.4, 0.5) is 0 Å². The summed E-state index contributed by atoms with van der Waals surface area (Å²) >= 11 is 0. The van der Waals surface area contributed by atoms with Gasteiger partial charge in [-0.15, -0.1) is 0 Å². The Morgan fingerprint density at radius 3 is 0.627 bits per heavy atom. The van der Waals surface area contributed by atoms with Crippen LogP contribution < -0.4 is 0 Å². The number of carboxylic acids is 1. The first-order chi connectivity index (χ1) is 50.1. The summed E-state index contributed by atoms with van der Waals surface area (Å²) in [7, 11) is 6.01. The Kier molecular flexibility index (Phi) is 83.5. The molecule has 0 radical (unpaired) electrons. The number of unbranched alkanes of at least 4 members (excludes halogenated alkanes) is 75. The third-order valence-corrected chi connectivity index (χ3v) is 22.1. The summed E-state index contributed by atoms with van der Waals surface area (Å²) in [5.41, 5.74) is 0.